The Morgan fingerprint density at radius 1 is 1.18 bits per heavy atom. The first-order chi connectivity index (χ1) is 13.7. The Morgan fingerprint density at radius 2 is 2.07 bits per heavy atom. The number of hydrogen-bond donors (Lipinski definition) is 1. The molecule has 2 aliphatic heterocycles. The van der Waals surface area contributed by atoms with Crippen molar-refractivity contribution in [3.63, 3.8) is 0 Å². The van der Waals surface area contributed by atoms with Gasteiger partial charge in [-0.2, -0.15) is 0 Å². The quantitative estimate of drug-likeness (QED) is 0.654. The molecule has 0 saturated carbocycles. The Hall–Kier alpha value is -2.79. The van der Waals surface area contributed by atoms with Crippen molar-refractivity contribution in [1.82, 2.24) is 5.32 Å². The van der Waals surface area contributed by atoms with Gasteiger partial charge < -0.3 is 19.7 Å². The number of nitrogens with one attached hydrogen (secondary N) is 1. The number of anilines is 1. The molecular weight excluding hydrogens is 352 g/mol. The maximum absolute atomic E-state index is 11.6. The normalized spacial score (nSPS) is 18.5. The summed E-state index contributed by atoms with van der Waals surface area (Å²) in [5, 5.41) is 3.49. The van der Waals surface area contributed by atoms with E-state index in [4.69, 9.17) is 9.47 Å². The number of ether oxygens (including phenoxy) is 2. The highest BCUT2D eigenvalue weighted by Crippen LogP contribution is 2.38. The zero-order valence-electron chi connectivity index (χ0n) is 16.4. The number of benzene rings is 2. The number of rotatable bonds is 4. The molecule has 1 unspecified atom stereocenters. The van der Waals surface area contributed by atoms with Crippen LogP contribution >= 0.6 is 0 Å². The molecule has 2 aromatic rings. The highest BCUT2D eigenvalue weighted by molar-refractivity contribution is 5.89. The topological polar surface area (TPSA) is 50.8 Å². The molecule has 0 aliphatic carbocycles. The van der Waals surface area contributed by atoms with E-state index >= 15 is 0 Å². The van der Waals surface area contributed by atoms with E-state index in [2.05, 4.69) is 34.5 Å². The third-order valence-corrected chi connectivity index (χ3v) is 5.64. The Bertz CT molecular complexity index is 907. The van der Waals surface area contributed by atoms with Gasteiger partial charge in [0.1, 0.15) is 5.75 Å². The summed E-state index contributed by atoms with van der Waals surface area (Å²) in [6, 6.07) is 13.3. The van der Waals surface area contributed by atoms with Crippen LogP contribution in [0.1, 0.15) is 17.5 Å². The molecule has 1 atom stereocenters. The number of esters is 1. The van der Waals surface area contributed by atoms with Crippen LogP contribution in [0.4, 0.5) is 5.69 Å². The molecule has 0 amide bonds. The molecule has 1 fully saturated rings. The van der Waals surface area contributed by atoms with E-state index < -0.39 is 0 Å². The molecule has 2 aromatic carbocycles. The van der Waals surface area contributed by atoms with E-state index in [1.54, 1.807) is 13.2 Å². The van der Waals surface area contributed by atoms with E-state index in [9.17, 15) is 4.79 Å². The van der Waals surface area contributed by atoms with Crippen LogP contribution < -0.4 is 15.0 Å². The van der Waals surface area contributed by atoms with Gasteiger partial charge in [-0.1, -0.05) is 12.1 Å². The predicted octanol–water partition coefficient (Wildman–Crippen LogP) is 3.27. The largest absolute Gasteiger partial charge is 0.497 e. The standard InChI is InChI=1S/C23H26N2O3/c1-27-20-5-6-21(17(15-20)4-8-23(26)28-2)16-3-7-22-18(13-16)14-19-9-10-24-11-12-25(19)22/h3-8,13,15,19,24H,9-12,14H2,1-2H3. The van der Waals surface area contributed by atoms with Gasteiger partial charge in [0.05, 0.1) is 14.2 Å². The second-order valence-electron chi connectivity index (χ2n) is 7.24. The molecule has 1 saturated heterocycles. The summed E-state index contributed by atoms with van der Waals surface area (Å²) in [7, 11) is 3.03. The fourth-order valence-corrected chi connectivity index (χ4v) is 4.21. The maximum Gasteiger partial charge on any atom is 0.330 e. The number of methoxy groups -OCH3 is 2. The highest BCUT2D eigenvalue weighted by atomic mass is 16.5. The van der Waals surface area contributed by atoms with E-state index in [1.807, 2.05) is 12.1 Å². The lowest BCUT2D eigenvalue weighted by atomic mass is 9.96. The monoisotopic (exact) mass is 378 g/mol. The molecule has 5 heteroatoms. The third kappa shape index (κ3) is 3.62. The van der Waals surface area contributed by atoms with Crippen molar-refractivity contribution < 1.29 is 14.3 Å². The lowest BCUT2D eigenvalue weighted by Crippen LogP contribution is -2.32. The minimum absolute atomic E-state index is 0.371. The third-order valence-electron chi connectivity index (χ3n) is 5.64. The van der Waals surface area contributed by atoms with Gasteiger partial charge >= 0.3 is 5.97 Å². The zero-order chi connectivity index (χ0) is 19.5. The molecule has 28 heavy (non-hydrogen) atoms. The Kier molecular flexibility index (Phi) is 5.35. The van der Waals surface area contributed by atoms with Gasteiger partial charge in [-0.05, 0) is 72.0 Å². The fraction of sp³-hybridized carbons (Fsp3) is 0.348. The van der Waals surface area contributed by atoms with Gasteiger partial charge in [0.25, 0.3) is 0 Å². The summed E-state index contributed by atoms with van der Waals surface area (Å²) in [6.45, 7) is 3.19. The van der Waals surface area contributed by atoms with E-state index in [0.29, 0.717) is 6.04 Å². The molecule has 0 bridgehead atoms. The van der Waals surface area contributed by atoms with Crippen molar-refractivity contribution in [2.24, 2.45) is 0 Å². The fourth-order valence-electron chi connectivity index (χ4n) is 4.21. The Morgan fingerprint density at radius 3 is 2.89 bits per heavy atom. The van der Waals surface area contributed by atoms with E-state index in [0.717, 1.165) is 48.5 Å². The summed E-state index contributed by atoms with van der Waals surface area (Å²) in [5.74, 6) is 0.388. The van der Waals surface area contributed by atoms with Crippen LogP contribution in [0, 0.1) is 0 Å². The van der Waals surface area contributed by atoms with Crippen molar-refractivity contribution in [3.05, 3.63) is 53.6 Å². The second kappa shape index (κ2) is 8.07. The van der Waals surface area contributed by atoms with Crippen molar-refractivity contribution in [1.29, 1.82) is 0 Å². The van der Waals surface area contributed by atoms with Crippen LogP contribution in [0.3, 0.4) is 0 Å². The summed E-state index contributed by atoms with van der Waals surface area (Å²) >= 11 is 0. The lowest BCUT2D eigenvalue weighted by Gasteiger charge is -2.24. The first-order valence-corrected chi connectivity index (χ1v) is 9.74. The van der Waals surface area contributed by atoms with Gasteiger partial charge in [0.15, 0.2) is 0 Å². The predicted molar refractivity (Wildman–Crippen MR) is 112 cm³/mol. The van der Waals surface area contributed by atoms with Gasteiger partial charge in [0, 0.05) is 30.9 Å². The van der Waals surface area contributed by atoms with Crippen molar-refractivity contribution in [2.75, 3.05) is 38.8 Å². The molecule has 2 aliphatic rings. The first-order valence-electron chi connectivity index (χ1n) is 9.74. The Labute approximate surface area is 165 Å². The van der Waals surface area contributed by atoms with Crippen molar-refractivity contribution in [2.45, 2.75) is 18.9 Å². The van der Waals surface area contributed by atoms with Gasteiger partial charge in [-0.3, -0.25) is 0 Å². The average molecular weight is 378 g/mol. The van der Waals surface area contributed by atoms with E-state index in [-0.39, 0.29) is 5.97 Å². The lowest BCUT2D eigenvalue weighted by molar-refractivity contribution is -0.134. The molecule has 5 nitrogen and oxygen atoms in total. The molecule has 4 rings (SSSR count). The molecule has 0 spiro atoms. The molecular formula is C23H26N2O3. The number of nitrogens with zero attached hydrogens (tertiary/aromatic N) is 1. The minimum atomic E-state index is -0.371. The molecule has 146 valence electrons. The SMILES string of the molecule is COC(=O)C=Cc1cc(OC)ccc1-c1ccc2c(c1)CC1CCNCCN21. The summed E-state index contributed by atoms with van der Waals surface area (Å²) < 4.78 is 10.1. The van der Waals surface area contributed by atoms with E-state index in [1.165, 1.54) is 30.9 Å². The van der Waals surface area contributed by atoms with Gasteiger partial charge in [0.2, 0.25) is 0 Å². The van der Waals surface area contributed by atoms with Crippen LogP contribution in [0.25, 0.3) is 17.2 Å². The number of fused-ring (bicyclic) bond motifs is 3. The van der Waals surface area contributed by atoms with Crippen LogP contribution in [-0.2, 0) is 16.0 Å². The molecule has 0 aromatic heterocycles. The first kappa shape index (κ1) is 18.6. The smallest absolute Gasteiger partial charge is 0.330 e. The van der Waals surface area contributed by atoms with Crippen LogP contribution in [0.2, 0.25) is 0 Å². The molecule has 0 radical (unpaired) electrons. The molecule has 1 N–H and O–H groups in total. The number of hydrogen-bond acceptors (Lipinski definition) is 5. The van der Waals surface area contributed by atoms with Gasteiger partial charge in [-0.25, -0.2) is 4.79 Å². The second-order valence-corrected chi connectivity index (χ2v) is 7.24. The molecule has 2 heterocycles. The van der Waals surface area contributed by atoms with Crippen molar-refractivity contribution >= 4 is 17.7 Å². The number of carbonyl (C=O) groups excluding carboxylic acids is 1. The van der Waals surface area contributed by atoms with Crippen LogP contribution in [-0.4, -0.2) is 45.9 Å². The number of carbonyl (C=O) groups is 1. The highest BCUT2D eigenvalue weighted by Gasteiger charge is 2.30. The van der Waals surface area contributed by atoms with Crippen LogP contribution in [0.5, 0.6) is 5.75 Å². The van der Waals surface area contributed by atoms with Crippen molar-refractivity contribution in [3.8, 4) is 16.9 Å². The average Bonchev–Trinajstić information content (AvgIpc) is 2.91. The maximum atomic E-state index is 11.6. The summed E-state index contributed by atoms with van der Waals surface area (Å²) in [6.07, 6.45) is 5.51. The minimum Gasteiger partial charge on any atom is -0.497 e. The Balaban J connectivity index is 1.70. The zero-order valence-corrected chi connectivity index (χ0v) is 16.4. The van der Waals surface area contributed by atoms with Crippen LogP contribution in [0.15, 0.2) is 42.5 Å². The summed E-state index contributed by atoms with van der Waals surface area (Å²) in [5.41, 5.74) is 5.93. The summed E-state index contributed by atoms with van der Waals surface area (Å²) in [4.78, 5) is 14.1. The van der Waals surface area contributed by atoms with Gasteiger partial charge in [-0.15, -0.1) is 0 Å².